The molecule has 27 heavy (non-hydrogen) atoms. The van der Waals surface area contributed by atoms with Crippen molar-refractivity contribution in [1.82, 2.24) is 10.9 Å². The average Bonchev–Trinajstić information content (AvgIpc) is 2.67. The number of hydrazine groups is 1. The summed E-state index contributed by atoms with van der Waals surface area (Å²) in [6.45, 7) is 3.00. The van der Waals surface area contributed by atoms with Crippen molar-refractivity contribution in [2.45, 2.75) is 26.2 Å². The maximum atomic E-state index is 12.3. The van der Waals surface area contributed by atoms with E-state index in [1.807, 2.05) is 48.2 Å². The number of aryl methyl sites for hydroxylation is 2. The third-order valence-electron chi connectivity index (χ3n) is 4.67. The highest BCUT2D eigenvalue weighted by Gasteiger charge is 2.19. The van der Waals surface area contributed by atoms with Crippen LogP contribution < -0.4 is 20.5 Å². The number of anilines is 1. The Morgan fingerprint density at radius 2 is 1.89 bits per heavy atom. The Balaban J connectivity index is 1.53. The number of nitrogens with zero attached hydrogens (tertiary/aromatic N) is 1. The number of methoxy groups -OCH3 is 1. The van der Waals surface area contributed by atoms with Crippen LogP contribution in [-0.2, 0) is 22.4 Å². The normalized spacial score (nSPS) is 12.9. The highest BCUT2D eigenvalue weighted by atomic mass is 16.5. The number of para-hydroxylation sites is 1. The number of hydrogen-bond acceptors (Lipinski definition) is 4. The fraction of sp³-hybridized carbons (Fsp3) is 0.333. The summed E-state index contributed by atoms with van der Waals surface area (Å²) in [5, 5.41) is 0. The van der Waals surface area contributed by atoms with Crippen LogP contribution in [0, 0.1) is 6.92 Å². The number of carbonyl (C=O) groups excluding carboxylic acids is 2. The molecule has 0 atom stereocenters. The van der Waals surface area contributed by atoms with Crippen molar-refractivity contribution in [3.8, 4) is 5.75 Å². The van der Waals surface area contributed by atoms with Crippen molar-refractivity contribution in [2.24, 2.45) is 0 Å². The summed E-state index contributed by atoms with van der Waals surface area (Å²) in [4.78, 5) is 26.5. The van der Waals surface area contributed by atoms with E-state index in [4.69, 9.17) is 4.74 Å². The van der Waals surface area contributed by atoms with E-state index in [1.165, 1.54) is 5.56 Å². The second-order valence-electron chi connectivity index (χ2n) is 6.74. The highest BCUT2D eigenvalue weighted by molar-refractivity contribution is 5.86. The second-order valence-corrected chi connectivity index (χ2v) is 6.74. The largest absolute Gasteiger partial charge is 0.496 e. The lowest BCUT2D eigenvalue weighted by molar-refractivity contribution is -0.127. The standard InChI is InChI=1S/C21H25N3O3/c1-15-9-10-19(27-2)17(12-15)13-20(25)22-23-21(26)14-24-11-5-7-16-6-3-4-8-18(16)24/h3-4,6,8-10,12H,5,7,11,13-14H2,1-2H3,(H,22,25)(H,23,26). The lowest BCUT2D eigenvalue weighted by Gasteiger charge is -2.30. The Morgan fingerprint density at radius 1 is 1.11 bits per heavy atom. The molecule has 0 aromatic heterocycles. The number of amides is 2. The number of ether oxygens (including phenoxy) is 1. The van der Waals surface area contributed by atoms with Gasteiger partial charge < -0.3 is 9.64 Å². The van der Waals surface area contributed by atoms with Crippen LogP contribution in [0.15, 0.2) is 42.5 Å². The molecule has 0 fully saturated rings. The van der Waals surface area contributed by atoms with Gasteiger partial charge in [0.1, 0.15) is 5.75 Å². The Morgan fingerprint density at radius 3 is 2.70 bits per heavy atom. The zero-order valence-corrected chi connectivity index (χ0v) is 15.7. The van der Waals surface area contributed by atoms with Crippen molar-refractivity contribution in [3.63, 3.8) is 0 Å². The predicted octanol–water partition coefficient (Wildman–Crippen LogP) is 2.15. The van der Waals surface area contributed by atoms with Crippen LogP contribution in [0.25, 0.3) is 0 Å². The third-order valence-corrected chi connectivity index (χ3v) is 4.67. The van der Waals surface area contributed by atoms with Crippen LogP contribution in [0.4, 0.5) is 5.69 Å². The Bertz CT molecular complexity index is 835. The van der Waals surface area contributed by atoms with Crippen LogP contribution in [0.1, 0.15) is 23.1 Å². The van der Waals surface area contributed by atoms with Crippen LogP contribution in [0.5, 0.6) is 5.75 Å². The summed E-state index contributed by atoms with van der Waals surface area (Å²) in [7, 11) is 1.57. The van der Waals surface area contributed by atoms with Gasteiger partial charge in [-0.2, -0.15) is 0 Å². The van der Waals surface area contributed by atoms with Gasteiger partial charge in [0, 0.05) is 17.8 Å². The summed E-state index contributed by atoms with van der Waals surface area (Å²) < 4.78 is 5.29. The van der Waals surface area contributed by atoms with Crippen LogP contribution >= 0.6 is 0 Å². The summed E-state index contributed by atoms with van der Waals surface area (Å²) in [5.74, 6) is 0.134. The molecule has 1 aliphatic rings. The quantitative estimate of drug-likeness (QED) is 0.795. The van der Waals surface area contributed by atoms with Crippen molar-refractivity contribution < 1.29 is 14.3 Å². The van der Waals surface area contributed by atoms with Gasteiger partial charge >= 0.3 is 0 Å². The molecule has 0 saturated heterocycles. The number of nitrogens with one attached hydrogen (secondary N) is 2. The number of fused-ring (bicyclic) bond motifs is 1. The first-order valence-electron chi connectivity index (χ1n) is 9.11. The first-order chi connectivity index (χ1) is 13.1. The summed E-state index contributed by atoms with van der Waals surface area (Å²) in [5.41, 5.74) is 9.19. The first kappa shape index (κ1) is 18.8. The molecule has 2 amide bonds. The van der Waals surface area contributed by atoms with Crippen molar-refractivity contribution in [2.75, 3.05) is 25.1 Å². The van der Waals surface area contributed by atoms with Gasteiger partial charge in [-0.05, 0) is 37.5 Å². The minimum atomic E-state index is -0.286. The minimum Gasteiger partial charge on any atom is -0.496 e. The van der Waals surface area contributed by atoms with E-state index in [0.29, 0.717) is 5.75 Å². The second kappa shape index (κ2) is 8.58. The van der Waals surface area contributed by atoms with E-state index in [1.54, 1.807) is 7.11 Å². The molecule has 0 bridgehead atoms. The van der Waals surface area contributed by atoms with Gasteiger partial charge in [-0.15, -0.1) is 0 Å². The lowest BCUT2D eigenvalue weighted by Crippen LogP contribution is -2.47. The average molecular weight is 367 g/mol. The van der Waals surface area contributed by atoms with Gasteiger partial charge in [0.15, 0.2) is 0 Å². The molecule has 0 spiro atoms. The molecule has 2 aromatic carbocycles. The molecule has 0 aliphatic carbocycles. The molecule has 0 unspecified atom stereocenters. The monoisotopic (exact) mass is 367 g/mol. The third kappa shape index (κ3) is 4.78. The van der Waals surface area contributed by atoms with Gasteiger partial charge in [-0.3, -0.25) is 20.4 Å². The Kier molecular flexibility index (Phi) is 5.96. The molecule has 142 valence electrons. The molecule has 6 heteroatoms. The molecule has 1 aliphatic heterocycles. The summed E-state index contributed by atoms with van der Waals surface area (Å²) in [6, 6.07) is 13.8. The molecule has 6 nitrogen and oxygen atoms in total. The Hall–Kier alpha value is -3.02. The van der Waals surface area contributed by atoms with Gasteiger partial charge in [-0.25, -0.2) is 0 Å². The molecule has 0 radical (unpaired) electrons. The number of benzene rings is 2. The molecular weight excluding hydrogens is 342 g/mol. The fourth-order valence-corrected chi connectivity index (χ4v) is 3.39. The predicted molar refractivity (Wildman–Crippen MR) is 105 cm³/mol. The maximum Gasteiger partial charge on any atom is 0.257 e. The van der Waals surface area contributed by atoms with Crippen LogP contribution in [0.2, 0.25) is 0 Å². The SMILES string of the molecule is COc1ccc(C)cc1CC(=O)NNC(=O)CN1CCCc2ccccc21. The topological polar surface area (TPSA) is 70.7 Å². The molecule has 1 heterocycles. The van der Waals surface area contributed by atoms with Crippen molar-refractivity contribution >= 4 is 17.5 Å². The molecular formula is C21H25N3O3. The Labute approximate surface area is 159 Å². The van der Waals surface area contributed by atoms with Crippen LogP contribution in [-0.4, -0.2) is 32.0 Å². The number of hydrogen-bond donors (Lipinski definition) is 2. The van der Waals surface area contributed by atoms with E-state index < -0.39 is 0 Å². The minimum absolute atomic E-state index is 0.137. The van der Waals surface area contributed by atoms with Gasteiger partial charge in [0.05, 0.1) is 20.1 Å². The molecule has 0 saturated carbocycles. The maximum absolute atomic E-state index is 12.3. The number of carbonyl (C=O) groups is 2. The van der Waals surface area contributed by atoms with Gasteiger partial charge in [0.25, 0.3) is 5.91 Å². The highest BCUT2D eigenvalue weighted by Crippen LogP contribution is 2.26. The number of rotatable bonds is 5. The molecule has 2 aromatic rings. The van der Waals surface area contributed by atoms with Gasteiger partial charge in [0.2, 0.25) is 5.91 Å². The smallest absolute Gasteiger partial charge is 0.257 e. The van der Waals surface area contributed by atoms with Crippen LogP contribution in [0.3, 0.4) is 0 Å². The van der Waals surface area contributed by atoms with E-state index in [9.17, 15) is 9.59 Å². The van der Waals surface area contributed by atoms with Crippen molar-refractivity contribution in [3.05, 3.63) is 59.2 Å². The zero-order chi connectivity index (χ0) is 19.2. The lowest BCUT2D eigenvalue weighted by atomic mass is 10.0. The van der Waals surface area contributed by atoms with E-state index in [2.05, 4.69) is 16.9 Å². The van der Waals surface area contributed by atoms with E-state index in [-0.39, 0.29) is 24.8 Å². The van der Waals surface area contributed by atoms with Gasteiger partial charge in [-0.1, -0.05) is 35.9 Å². The van der Waals surface area contributed by atoms with E-state index >= 15 is 0 Å². The first-order valence-corrected chi connectivity index (χ1v) is 9.11. The summed E-state index contributed by atoms with van der Waals surface area (Å²) >= 11 is 0. The summed E-state index contributed by atoms with van der Waals surface area (Å²) in [6.07, 6.45) is 2.19. The van der Waals surface area contributed by atoms with E-state index in [0.717, 1.165) is 36.2 Å². The molecule has 2 N–H and O–H groups in total. The zero-order valence-electron chi connectivity index (χ0n) is 15.7. The fourth-order valence-electron chi connectivity index (χ4n) is 3.39. The molecule has 3 rings (SSSR count). The van der Waals surface area contributed by atoms with Crippen molar-refractivity contribution in [1.29, 1.82) is 0 Å².